The normalized spacial score (nSPS) is 18.4. The van der Waals surface area contributed by atoms with Gasteiger partial charge in [0.25, 0.3) is 0 Å². The molecule has 0 fully saturated rings. The zero-order chi connectivity index (χ0) is 81.6. The van der Waals surface area contributed by atoms with Crippen molar-refractivity contribution in [2.75, 3.05) is 33.9 Å². The number of rotatable bonds is 19. The quantitative estimate of drug-likeness (QED) is 0.0460. The SMILES string of the molecule is CCn1cc(-c2ccc3oc4c(c3c2)CC(C)N(CC(C)(C)F)C4c2c(F)cc(/C=C/C(=O)O)cc2F)cn1.CCn1cc(-c2ccc3oc4c(c3c2)CC(C)N(CC(C)(C)F)C4c2c(F)cc(/C=C/C(=O)OC)cc2F)cn1.COC(=O)/C=C/c1cc(F)c(C2c3oc4ccc(Br)cc4c3CC(C)N2CC(C)(C)F)c(F)c1. The maximum absolute atomic E-state index is 15.7. The Morgan fingerprint density at radius 1 is 0.478 bits per heavy atom. The minimum Gasteiger partial charge on any atom is -0.478 e. The molecule has 0 saturated heterocycles. The van der Waals surface area contributed by atoms with Crippen LogP contribution in [0.3, 0.4) is 0 Å². The monoisotopic (exact) mass is 1620 g/mol. The number of aliphatic carboxylic acids is 1. The highest BCUT2D eigenvalue weighted by Gasteiger charge is 2.46. The van der Waals surface area contributed by atoms with Crippen LogP contribution in [0, 0.1) is 34.9 Å². The van der Waals surface area contributed by atoms with Crippen molar-refractivity contribution in [1.82, 2.24) is 34.3 Å². The minimum absolute atomic E-state index is 0.0398. The van der Waals surface area contributed by atoms with Gasteiger partial charge in [0, 0.05) is 147 Å². The molecule has 3 aliphatic heterocycles. The number of ether oxygens (including phenoxy) is 2. The van der Waals surface area contributed by atoms with Crippen LogP contribution in [-0.2, 0) is 56.2 Å². The molecule has 11 aromatic rings. The first-order valence-electron chi connectivity index (χ1n) is 37.0. The summed E-state index contributed by atoms with van der Waals surface area (Å²) in [7, 11) is 2.43. The molecule has 0 bridgehead atoms. The molecule has 0 amide bonds. The third kappa shape index (κ3) is 18.1. The van der Waals surface area contributed by atoms with Crippen molar-refractivity contribution in [3.8, 4) is 22.3 Å². The first kappa shape index (κ1) is 82.2. The lowest BCUT2D eigenvalue weighted by Gasteiger charge is -2.42. The number of benzene rings is 6. The van der Waals surface area contributed by atoms with Crippen molar-refractivity contribution >= 4 is 85.0 Å². The van der Waals surface area contributed by atoms with Gasteiger partial charge in [-0.2, -0.15) is 10.2 Å². The van der Waals surface area contributed by atoms with E-state index in [4.69, 9.17) is 18.4 Å². The molecule has 0 saturated carbocycles. The first-order valence-corrected chi connectivity index (χ1v) is 37.8. The van der Waals surface area contributed by atoms with Gasteiger partial charge in [-0.15, -0.1) is 0 Å². The van der Waals surface area contributed by atoms with Gasteiger partial charge < -0.3 is 27.8 Å². The fraction of sp³-hybridized carbons (Fsp3) is 0.345. The van der Waals surface area contributed by atoms with E-state index in [0.717, 1.165) is 133 Å². The van der Waals surface area contributed by atoms with Gasteiger partial charge in [0.1, 0.15) is 104 Å². The number of aryl methyl sites for hydroxylation is 2. The van der Waals surface area contributed by atoms with E-state index in [1.165, 1.54) is 67.9 Å². The van der Waals surface area contributed by atoms with Gasteiger partial charge in [-0.1, -0.05) is 28.1 Å². The number of alkyl halides is 3. The molecular weight excluding hydrogens is 1540 g/mol. The molecule has 1 N–H and O–H groups in total. The van der Waals surface area contributed by atoms with Crippen LogP contribution in [0.2, 0.25) is 0 Å². The first-order chi connectivity index (χ1) is 53.4. The van der Waals surface area contributed by atoms with Crippen LogP contribution in [0.25, 0.3) is 73.4 Å². The van der Waals surface area contributed by atoms with E-state index in [0.29, 0.717) is 53.3 Å². The Morgan fingerprint density at radius 2 is 0.779 bits per heavy atom. The summed E-state index contributed by atoms with van der Waals surface area (Å²) >= 11 is 3.47. The number of fused-ring (bicyclic) bond motifs is 9. The number of methoxy groups -OCH3 is 2. The number of carboxylic acids is 1. The van der Waals surface area contributed by atoms with E-state index in [9.17, 15) is 23.2 Å². The molecule has 6 aromatic carbocycles. The highest BCUT2D eigenvalue weighted by Crippen LogP contribution is 2.50. The Kier molecular flexibility index (Phi) is 24.0. The number of nitrogens with zero attached hydrogens (tertiary/aromatic N) is 7. The Hall–Kier alpha value is -10.3. The van der Waals surface area contributed by atoms with Crippen LogP contribution < -0.4 is 0 Å². The van der Waals surface area contributed by atoms with Gasteiger partial charge in [-0.25, -0.2) is 53.9 Å². The highest BCUT2D eigenvalue weighted by atomic mass is 79.9. The summed E-state index contributed by atoms with van der Waals surface area (Å²) in [6, 6.07) is 20.2. The summed E-state index contributed by atoms with van der Waals surface area (Å²) in [5.74, 6) is -6.30. The molecule has 6 atom stereocenters. The number of carboxylic acid groups (broad SMARTS) is 1. The second kappa shape index (κ2) is 33.0. The molecule has 16 nitrogen and oxygen atoms in total. The average Bonchev–Trinajstić information content (AvgIpc) is 1.60. The lowest BCUT2D eigenvalue weighted by atomic mass is 9.87. The van der Waals surface area contributed by atoms with E-state index < -0.39 is 87.9 Å². The summed E-state index contributed by atoms with van der Waals surface area (Å²) in [4.78, 5) is 39.0. The third-order valence-corrected chi connectivity index (χ3v) is 20.9. The molecule has 0 spiro atoms. The van der Waals surface area contributed by atoms with Crippen LogP contribution in [0.5, 0.6) is 0 Å². The summed E-state index contributed by atoms with van der Waals surface area (Å²) in [6.07, 6.45) is 15.8. The Balaban J connectivity index is 0.000000158. The van der Waals surface area contributed by atoms with Crippen molar-refractivity contribution in [2.24, 2.45) is 0 Å². The van der Waals surface area contributed by atoms with Crippen LogP contribution in [0.4, 0.5) is 39.5 Å². The summed E-state index contributed by atoms with van der Waals surface area (Å²) < 4.78 is 171. The second-order valence-corrected chi connectivity index (χ2v) is 31.6. The zero-order valence-electron chi connectivity index (χ0n) is 64.7. The Bertz CT molecular complexity index is 5450. The van der Waals surface area contributed by atoms with Crippen LogP contribution in [0.1, 0.15) is 162 Å². The fourth-order valence-corrected chi connectivity index (χ4v) is 15.8. The van der Waals surface area contributed by atoms with Crippen molar-refractivity contribution in [2.45, 2.75) is 162 Å². The number of esters is 2. The van der Waals surface area contributed by atoms with Gasteiger partial charge >= 0.3 is 17.9 Å². The Labute approximate surface area is 656 Å². The molecule has 26 heteroatoms. The van der Waals surface area contributed by atoms with Crippen LogP contribution in [-0.4, -0.2) is 126 Å². The van der Waals surface area contributed by atoms with Gasteiger partial charge in [-0.3, -0.25) is 24.1 Å². The van der Waals surface area contributed by atoms with E-state index in [1.807, 2.05) is 105 Å². The lowest BCUT2D eigenvalue weighted by Crippen LogP contribution is -2.48. The fourth-order valence-electron chi connectivity index (χ4n) is 15.4. The third-order valence-electron chi connectivity index (χ3n) is 20.4. The maximum Gasteiger partial charge on any atom is 0.330 e. The van der Waals surface area contributed by atoms with Crippen molar-refractivity contribution in [3.05, 3.63) is 241 Å². The molecule has 14 rings (SSSR count). The number of hydrogen-bond acceptors (Lipinski definition) is 13. The van der Waals surface area contributed by atoms with Crippen molar-refractivity contribution in [3.63, 3.8) is 0 Å². The zero-order valence-corrected chi connectivity index (χ0v) is 66.3. The predicted octanol–water partition coefficient (Wildman–Crippen LogP) is 20.4. The Morgan fingerprint density at radius 3 is 1.06 bits per heavy atom. The lowest BCUT2D eigenvalue weighted by molar-refractivity contribution is -0.135. The molecule has 3 aliphatic rings. The predicted molar refractivity (Wildman–Crippen MR) is 419 cm³/mol. The topological polar surface area (TPSA) is 175 Å². The van der Waals surface area contributed by atoms with Crippen molar-refractivity contribution in [1.29, 1.82) is 0 Å². The van der Waals surface area contributed by atoms with Crippen molar-refractivity contribution < 1.29 is 81.7 Å². The minimum atomic E-state index is -1.64. The van der Waals surface area contributed by atoms with E-state index >= 15 is 30.7 Å². The average molecular weight is 1630 g/mol. The van der Waals surface area contributed by atoms with E-state index in [2.05, 4.69) is 35.6 Å². The number of aromatic nitrogens is 4. The molecule has 594 valence electrons. The molecular formula is C87H87BrF9N7O9. The maximum atomic E-state index is 15.7. The van der Waals surface area contributed by atoms with Gasteiger partial charge in [-0.05, 0) is 220 Å². The number of carbonyl (C=O) groups excluding carboxylic acids is 2. The van der Waals surface area contributed by atoms with Gasteiger partial charge in [0.2, 0.25) is 0 Å². The molecule has 6 unspecified atom stereocenters. The number of hydrogen-bond donors (Lipinski definition) is 1. The van der Waals surface area contributed by atoms with Gasteiger partial charge in [0.05, 0.1) is 26.6 Å². The van der Waals surface area contributed by atoms with Crippen LogP contribution >= 0.6 is 15.9 Å². The summed E-state index contributed by atoms with van der Waals surface area (Å²) in [5.41, 5.74) is 2.90. The molecule has 113 heavy (non-hydrogen) atoms. The number of furan rings is 3. The van der Waals surface area contributed by atoms with E-state index in [1.54, 1.807) is 33.2 Å². The summed E-state index contributed by atoms with van der Waals surface area (Å²) in [5, 5.41) is 20.2. The number of carbonyl (C=O) groups is 3. The van der Waals surface area contributed by atoms with E-state index in [-0.39, 0.29) is 71.1 Å². The number of halogens is 10. The standard InChI is InChI=1S/C31H32F3N3O3.C30H30F3N3O3.C26H25BrF3NO3/c1-6-36-16-21(15-35-36)20-8-9-26-22(14-20)23-11-18(2)37(17-31(3,4)34)29(30(23)40-26)28-24(32)12-19(13-25(28)33)7-10-27(38)39-5;1-5-35-15-20(14-34-35)19-7-8-25-21(13-19)22-10-17(2)36(16-30(3,4)33)28(29(22)39-25)27-23(31)11-18(12-24(27)32)6-9-26(37)38;1-14-9-18-17-12-16(27)6-7-21(17)34-25(18)24(31(14)13-26(2,3)30)23-19(28)10-15(11-20(23)29)5-8-22(32)33-4/h7-10,12-16,18,29H,6,11,17H2,1-5H3;6-9,11-15,17,28H,5,10,16H2,1-4H3,(H,37,38);5-8,10-12,14,24H,9,13H2,1-4H3/b10-7+;9-6+;8-5+. The molecule has 5 aromatic heterocycles. The molecule has 0 radical (unpaired) electrons. The molecule has 8 heterocycles. The largest absolute Gasteiger partial charge is 0.478 e. The summed E-state index contributed by atoms with van der Waals surface area (Å²) in [6.45, 7) is 19.7. The highest BCUT2D eigenvalue weighted by molar-refractivity contribution is 9.10. The smallest absolute Gasteiger partial charge is 0.330 e. The van der Waals surface area contributed by atoms with Crippen LogP contribution in [0.15, 0.2) is 152 Å². The second-order valence-electron chi connectivity index (χ2n) is 30.7. The molecule has 0 aliphatic carbocycles. The van der Waals surface area contributed by atoms with Gasteiger partial charge in [0.15, 0.2) is 0 Å².